The van der Waals surface area contributed by atoms with Gasteiger partial charge in [0.05, 0.1) is 6.10 Å². The number of aliphatic hydroxyl groups excluding tert-OH is 1. The lowest BCUT2D eigenvalue weighted by atomic mass is 9.95. The number of amides is 1. The van der Waals surface area contributed by atoms with E-state index >= 15 is 0 Å². The van der Waals surface area contributed by atoms with Crippen LogP contribution in [0.4, 0.5) is 4.79 Å². The second kappa shape index (κ2) is 7.61. The molecule has 5 nitrogen and oxygen atoms in total. The molecule has 0 aromatic heterocycles. The lowest BCUT2D eigenvalue weighted by molar-refractivity contribution is 0.0521. The fourth-order valence-corrected chi connectivity index (χ4v) is 2.20. The molecule has 0 radical (unpaired) electrons. The Kier molecular flexibility index (Phi) is 6.38. The fraction of sp³-hybridized carbons (Fsp3) is 0.588. The van der Waals surface area contributed by atoms with E-state index in [9.17, 15) is 9.90 Å². The van der Waals surface area contributed by atoms with Gasteiger partial charge in [-0.1, -0.05) is 23.8 Å². The summed E-state index contributed by atoms with van der Waals surface area (Å²) < 4.78 is 5.14. The van der Waals surface area contributed by atoms with Gasteiger partial charge >= 0.3 is 6.09 Å². The maximum Gasteiger partial charge on any atom is 0.407 e. The summed E-state index contributed by atoms with van der Waals surface area (Å²) in [5, 5.41) is 13.0. The summed E-state index contributed by atoms with van der Waals surface area (Å²) >= 11 is 0. The Bertz CT molecular complexity index is 509. The van der Waals surface area contributed by atoms with Crippen LogP contribution in [0.3, 0.4) is 0 Å². The third-order valence-corrected chi connectivity index (χ3v) is 3.30. The first-order valence-electron chi connectivity index (χ1n) is 7.58. The van der Waals surface area contributed by atoms with Crippen LogP contribution in [0.5, 0.6) is 0 Å². The van der Waals surface area contributed by atoms with Crippen LogP contribution in [0, 0.1) is 13.8 Å². The summed E-state index contributed by atoms with van der Waals surface area (Å²) in [5.74, 6) is 0. The third-order valence-electron chi connectivity index (χ3n) is 3.30. The SMILES string of the molecule is Cc1ccc(C(O)C(N)CCNC(=O)OC(C)(C)C)c(C)c1. The zero-order valence-electron chi connectivity index (χ0n) is 14.1. The minimum Gasteiger partial charge on any atom is -0.444 e. The number of nitrogens with one attached hydrogen (secondary N) is 1. The Labute approximate surface area is 132 Å². The maximum absolute atomic E-state index is 11.5. The first-order valence-corrected chi connectivity index (χ1v) is 7.58. The summed E-state index contributed by atoms with van der Waals surface area (Å²) in [4.78, 5) is 11.5. The highest BCUT2D eigenvalue weighted by Crippen LogP contribution is 2.22. The van der Waals surface area contributed by atoms with Crippen molar-refractivity contribution in [2.24, 2.45) is 5.73 Å². The summed E-state index contributed by atoms with van der Waals surface area (Å²) in [5.41, 5.74) is 8.50. The average Bonchev–Trinajstić information content (AvgIpc) is 2.35. The van der Waals surface area contributed by atoms with Crippen molar-refractivity contribution in [2.75, 3.05) is 6.54 Å². The highest BCUT2D eigenvalue weighted by Gasteiger charge is 2.20. The number of hydrogen-bond donors (Lipinski definition) is 3. The Hall–Kier alpha value is -1.59. The average molecular weight is 308 g/mol. The standard InChI is InChI=1S/C17H28N2O3/c1-11-6-7-13(12(2)10-11)15(20)14(18)8-9-19-16(21)22-17(3,4)5/h6-7,10,14-15,20H,8-9,18H2,1-5H3,(H,19,21). The zero-order valence-corrected chi connectivity index (χ0v) is 14.1. The number of aliphatic hydroxyl groups is 1. The number of carbonyl (C=O) groups is 1. The predicted octanol–water partition coefficient (Wildman–Crippen LogP) is 2.58. The zero-order chi connectivity index (χ0) is 16.9. The number of ether oxygens (including phenoxy) is 1. The topological polar surface area (TPSA) is 84.6 Å². The van der Waals surface area contributed by atoms with E-state index in [4.69, 9.17) is 10.5 Å². The number of alkyl carbamates (subject to hydrolysis) is 1. The minimum absolute atomic E-state index is 0.359. The molecule has 1 aromatic carbocycles. The summed E-state index contributed by atoms with van der Waals surface area (Å²) in [6.45, 7) is 9.75. The number of rotatable bonds is 5. The van der Waals surface area contributed by atoms with Gasteiger partial charge < -0.3 is 20.9 Å². The van der Waals surface area contributed by atoms with E-state index in [1.165, 1.54) is 0 Å². The number of benzene rings is 1. The van der Waals surface area contributed by atoms with E-state index in [2.05, 4.69) is 5.32 Å². The molecule has 124 valence electrons. The number of nitrogens with two attached hydrogens (primary N) is 1. The molecular formula is C17H28N2O3. The van der Waals surface area contributed by atoms with Crippen LogP contribution in [-0.4, -0.2) is 29.4 Å². The summed E-state index contributed by atoms with van der Waals surface area (Å²) in [7, 11) is 0. The molecule has 22 heavy (non-hydrogen) atoms. The van der Waals surface area contributed by atoms with Gasteiger partial charge in [-0.05, 0) is 52.2 Å². The van der Waals surface area contributed by atoms with Gasteiger partial charge in [0, 0.05) is 12.6 Å². The van der Waals surface area contributed by atoms with Crippen LogP contribution >= 0.6 is 0 Å². The maximum atomic E-state index is 11.5. The van der Waals surface area contributed by atoms with Crippen LogP contribution in [0.15, 0.2) is 18.2 Å². The third kappa shape index (κ3) is 6.03. The van der Waals surface area contributed by atoms with E-state index in [0.29, 0.717) is 13.0 Å². The van der Waals surface area contributed by atoms with E-state index < -0.39 is 23.8 Å². The second-order valence-electron chi connectivity index (χ2n) is 6.69. The molecule has 0 saturated heterocycles. The van der Waals surface area contributed by atoms with E-state index in [0.717, 1.165) is 16.7 Å². The molecule has 2 unspecified atom stereocenters. The molecule has 0 aliphatic heterocycles. The van der Waals surface area contributed by atoms with Gasteiger partial charge in [-0.25, -0.2) is 4.79 Å². The summed E-state index contributed by atoms with van der Waals surface area (Å²) in [6, 6.07) is 5.43. The fourth-order valence-electron chi connectivity index (χ4n) is 2.20. The van der Waals surface area contributed by atoms with E-state index in [1.807, 2.05) is 52.8 Å². The number of hydrogen-bond acceptors (Lipinski definition) is 4. The van der Waals surface area contributed by atoms with Gasteiger partial charge in [0.1, 0.15) is 5.60 Å². The quantitative estimate of drug-likeness (QED) is 0.780. The first-order chi connectivity index (χ1) is 10.1. The van der Waals surface area contributed by atoms with Crippen molar-refractivity contribution < 1.29 is 14.6 Å². The molecule has 0 spiro atoms. The Balaban J connectivity index is 2.48. The molecule has 0 fully saturated rings. The van der Waals surface area contributed by atoms with Crippen molar-refractivity contribution in [1.82, 2.24) is 5.32 Å². The van der Waals surface area contributed by atoms with Gasteiger partial charge in [-0.2, -0.15) is 0 Å². The Morgan fingerprint density at radius 2 is 2.00 bits per heavy atom. The smallest absolute Gasteiger partial charge is 0.407 e. The molecule has 1 aromatic rings. The van der Waals surface area contributed by atoms with Gasteiger partial charge in [-0.3, -0.25) is 0 Å². The van der Waals surface area contributed by atoms with Crippen molar-refractivity contribution in [2.45, 2.75) is 58.8 Å². The highest BCUT2D eigenvalue weighted by molar-refractivity contribution is 5.67. The van der Waals surface area contributed by atoms with Crippen LogP contribution in [-0.2, 0) is 4.74 Å². The molecule has 4 N–H and O–H groups in total. The van der Waals surface area contributed by atoms with Crippen LogP contribution in [0.25, 0.3) is 0 Å². The summed E-state index contributed by atoms with van der Waals surface area (Å²) in [6.07, 6.45) is -0.755. The molecule has 0 heterocycles. The van der Waals surface area contributed by atoms with Gasteiger partial charge in [0.25, 0.3) is 0 Å². The normalized spacial score (nSPS) is 14.3. The molecule has 0 bridgehead atoms. The molecular weight excluding hydrogens is 280 g/mol. The van der Waals surface area contributed by atoms with Gasteiger partial charge in [-0.15, -0.1) is 0 Å². The molecule has 1 rings (SSSR count). The Morgan fingerprint density at radius 3 is 2.55 bits per heavy atom. The predicted molar refractivity (Wildman–Crippen MR) is 87.7 cm³/mol. The lowest BCUT2D eigenvalue weighted by Crippen LogP contribution is -2.37. The van der Waals surface area contributed by atoms with Gasteiger partial charge in [0.15, 0.2) is 0 Å². The largest absolute Gasteiger partial charge is 0.444 e. The molecule has 2 atom stereocenters. The van der Waals surface area contributed by atoms with Crippen molar-refractivity contribution in [3.05, 3.63) is 34.9 Å². The van der Waals surface area contributed by atoms with Crippen LogP contribution < -0.4 is 11.1 Å². The van der Waals surface area contributed by atoms with Crippen LogP contribution in [0.1, 0.15) is 50.0 Å². The Morgan fingerprint density at radius 1 is 1.36 bits per heavy atom. The van der Waals surface area contributed by atoms with Gasteiger partial charge in [0.2, 0.25) is 0 Å². The molecule has 0 aliphatic rings. The number of aryl methyl sites for hydroxylation is 2. The van der Waals surface area contributed by atoms with Crippen molar-refractivity contribution in [1.29, 1.82) is 0 Å². The number of carbonyl (C=O) groups excluding carboxylic acids is 1. The highest BCUT2D eigenvalue weighted by atomic mass is 16.6. The second-order valence-corrected chi connectivity index (χ2v) is 6.69. The molecule has 0 saturated carbocycles. The van der Waals surface area contributed by atoms with E-state index in [-0.39, 0.29) is 0 Å². The molecule has 1 amide bonds. The van der Waals surface area contributed by atoms with Crippen molar-refractivity contribution in [3.63, 3.8) is 0 Å². The monoisotopic (exact) mass is 308 g/mol. The lowest BCUT2D eigenvalue weighted by Gasteiger charge is -2.22. The first kappa shape index (κ1) is 18.5. The molecule has 0 aliphatic carbocycles. The van der Waals surface area contributed by atoms with Crippen molar-refractivity contribution >= 4 is 6.09 Å². The van der Waals surface area contributed by atoms with Crippen LogP contribution in [0.2, 0.25) is 0 Å². The van der Waals surface area contributed by atoms with E-state index in [1.54, 1.807) is 0 Å². The van der Waals surface area contributed by atoms with Crippen molar-refractivity contribution in [3.8, 4) is 0 Å². The molecule has 5 heteroatoms. The minimum atomic E-state index is -0.749.